The van der Waals surface area contributed by atoms with Crippen LogP contribution in [-0.2, 0) is 4.79 Å². The highest BCUT2D eigenvalue weighted by Crippen LogP contribution is 2.31. The van der Waals surface area contributed by atoms with Crippen LogP contribution in [0.2, 0.25) is 0 Å². The van der Waals surface area contributed by atoms with Crippen LogP contribution in [0.3, 0.4) is 0 Å². The van der Waals surface area contributed by atoms with Crippen molar-refractivity contribution in [3.8, 4) is 5.75 Å². The zero-order chi connectivity index (χ0) is 21.5. The molecule has 4 rings (SSSR count). The van der Waals surface area contributed by atoms with Gasteiger partial charge in [-0.25, -0.2) is 0 Å². The predicted octanol–water partition coefficient (Wildman–Crippen LogP) is 3.25. The molecule has 2 heterocycles. The van der Waals surface area contributed by atoms with E-state index in [4.69, 9.17) is 4.74 Å². The summed E-state index contributed by atoms with van der Waals surface area (Å²) in [5, 5.41) is 6.95. The maximum absolute atomic E-state index is 12.3. The molecule has 0 atom stereocenters. The minimum Gasteiger partial charge on any atom is -0.482 e. The summed E-state index contributed by atoms with van der Waals surface area (Å²) in [6.45, 7) is 3.58. The van der Waals surface area contributed by atoms with Crippen LogP contribution in [0.1, 0.15) is 19.3 Å². The Labute approximate surface area is 207 Å². The molecule has 0 aromatic heterocycles. The van der Waals surface area contributed by atoms with Gasteiger partial charge in [0.1, 0.15) is 5.75 Å². The number of rotatable bonds is 6. The number of piperidine rings is 1. The normalized spacial score (nSPS) is 16.7. The van der Waals surface area contributed by atoms with Crippen LogP contribution in [0, 0.1) is 0 Å². The molecule has 1 fully saturated rings. The number of aliphatic imine (C=N–C) groups is 1. The highest BCUT2D eigenvalue weighted by atomic mass is 127. The molecule has 0 aliphatic carbocycles. The van der Waals surface area contributed by atoms with Crippen LogP contribution in [0.4, 0.5) is 11.4 Å². The van der Waals surface area contributed by atoms with Crippen LogP contribution in [0.25, 0.3) is 0 Å². The third kappa shape index (κ3) is 6.05. The summed E-state index contributed by atoms with van der Waals surface area (Å²) in [6.07, 6.45) is 2.98. The lowest BCUT2D eigenvalue weighted by molar-refractivity contribution is -0.121. The summed E-state index contributed by atoms with van der Waals surface area (Å²) in [5.74, 6) is 1.60. The highest BCUT2D eigenvalue weighted by Gasteiger charge is 2.24. The van der Waals surface area contributed by atoms with Crippen molar-refractivity contribution in [2.24, 2.45) is 4.99 Å². The van der Waals surface area contributed by atoms with Gasteiger partial charge >= 0.3 is 0 Å². The zero-order valence-corrected chi connectivity index (χ0v) is 20.8. The van der Waals surface area contributed by atoms with Gasteiger partial charge in [0, 0.05) is 45.0 Å². The molecule has 0 unspecified atom stereocenters. The number of benzene rings is 2. The van der Waals surface area contributed by atoms with E-state index >= 15 is 0 Å². The summed E-state index contributed by atoms with van der Waals surface area (Å²) >= 11 is 0. The van der Waals surface area contributed by atoms with Crippen molar-refractivity contribution in [3.05, 3.63) is 54.6 Å². The Morgan fingerprint density at radius 2 is 1.81 bits per heavy atom. The maximum atomic E-state index is 12.3. The van der Waals surface area contributed by atoms with E-state index in [0.717, 1.165) is 56.3 Å². The average molecular weight is 549 g/mol. The van der Waals surface area contributed by atoms with E-state index in [1.54, 1.807) is 7.05 Å². The van der Waals surface area contributed by atoms with Crippen molar-refractivity contribution in [1.29, 1.82) is 0 Å². The van der Waals surface area contributed by atoms with Crippen LogP contribution in [0.5, 0.6) is 5.75 Å². The fraction of sp³-hybridized carbons (Fsp3) is 0.417. The number of hydrogen-bond acceptors (Lipinski definition) is 4. The summed E-state index contributed by atoms with van der Waals surface area (Å²) in [7, 11) is 1.80. The third-order valence-corrected chi connectivity index (χ3v) is 5.84. The molecule has 2 aliphatic heterocycles. The van der Waals surface area contributed by atoms with Gasteiger partial charge in [-0.2, -0.15) is 0 Å². The Morgan fingerprint density at radius 1 is 1.09 bits per heavy atom. The van der Waals surface area contributed by atoms with Crippen molar-refractivity contribution in [3.63, 3.8) is 0 Å². The first-order valence-electron chi connectivity index (χ1n) is 11.0. The Bertz CT molecular complexity index is 900. The number of ether oxygens (including phenoxy) is 1. The minimum absolute atomic E-state index is 0. The first-order valence-corrected chi connectivity index (χ1v) is 11.0. The zero-order valence-electron chi connectivity index (χ0n) is 18.5. The molecule has 0 bridgehead atoms. The molecule has 32 heavy (non-hydrogen) atoms. The van der Waals surface area contributed by atoms with Crippen molar-refractivity contribution in [1.82, 2.24) is 10.6 Å². The first kappa shape index (κ1) is 24.2. The quantitative estimate of drug-likeness (QED) is 0.251. The van der Waals surface area contributed by atoms with Crippen molar-refractivity contribution < 1.29 is 9.53 Å². The number of anilines is 2. The summed E-state index contributed by atoms with van der Waals surface area (Å²) in [6, 6.07) is 18.7. The molecule has 2 N–H and O–H groups in total. The maximum Gasteiger partial charge on any atom is 0.265 e. The van der Waals surface area contributed by atoms with Gasteiger partial charge in [0.15, 0.2) is 12.6 Å². The Morgan fingerprint density at radius 3 is 2.56 bits per heavy atom. The lowest BCUT2D eigenvalue weighted by Crippen LogP contribution is -2.49. The van der Waals surface area contributed by atoms with Crippen LogP contribution in [-0.4, -0.2) is 57.7 Å². The van der Waals surface area contributed by atoms with Crippen molar-refractivity contribution in [2.75, 3.05) is 49.6 Å². The SMILES string of the molecule is CN=C(NCCCN1C(=O)COc2ccccc21)NC1CCN(c2ccccc2)CC1.I. The van der Waals surface area contributed by atoms with E-state index in [1.807, 2.05) is 29.2 Å². The predicted molar refractivity (Wildman–Crippen MR) is 140 cm³/mol. The van der Waals surface area contributed by atoms with Gasteiger partial charge in [-0.3, -0.25) is 9.79 Å². The minimum atomic E-state index is 0. The molecule has 2 aromatic rings. The second-order valence-electron chi connectivity index (χ2n) is 7.90. The molecule has 0 saturated carbocycles. The van der Waals surface area contributed by atoms with E-state index in [-0.39, 0.29) is 36.5 Å². The number of nitrogens with one attached hydrogen (secondary N) is 2. The number of carbonyl (C=O) groups excluding carboxylic acids is 1. The monoisotopic (exact) mass is 549 g/mol. The van der Waals surface area contributed by atoms with Gasteiger partial charge in [0.25, 0.3) is 5.91 Å². The molecule has 8 heteroatoms. The van der Waals surface area contributed by atoms with Crippen LogP contribution < -0.4 is 25.2 Å². The molecule has 172 valence electrons. The molecule has 1 saturated heterocycles. The molecule has 2 aromatic carbocycles. The number of amides is 1. The van der Waals surface area contributed by atoms with E-state index < -0.39 is 0 Å². The average Bonchev–Trinajstić information content (AvgIpc) is 2.83. The van der Waals surface area contributed by atoms with Gasteiger partial charge < -0.3 is 25.2 Å². The molecule has 7 nitrogen and oxygen atoms in total. The third-order valence-electron chi connectivity index (χ3n) is 5.84. The van der Waals surface area contributed by atoms with Gasteiger partial charge in [-0.05, 0) is 43.5 Å². The molecule has 0 radical (unpaired) electrons. The van der Waals surface area contributed by atoms with E-state index in [1.165, 1.54) is 5.69 Å². The Hall–Kier alpha value is -2.49. The van der Waals surface area contributed by atoms with Crippen LogP contribution >= 0.6 is 24.0 Å². The Balaban J connectivity index is 0.00000289. The smallest absolute Gasteiger partial charge is 0.265 e. The number of fused-ring (bicyclic) bond motifs is 1. The standard InChI is InChI=1S/C24H31N5O2.HI/c1-25-24(27-19-12-16-28(17-13-19)20-8-3-2-4-9-20)26-14-7-15-29-21-10-5-6-11-22(21)31-18-23(29)30;/h2-6,8-11,19H,7,12-18H2,1H3,(H2,25,26,27);1H. The molecular weight excluding hydrogens is 517 g/mol. The first-order chi connectivity index (χ1) is 15.2. The Kier molecular flexibility index (Phi) is 9.01. The fourth-order valence-corrected chi connectivity index (χ4v) is 4.15. The number of hydrogen-bond donors (Lipinski definition) is 2. The summed E-state index contributed by atoms with van der Waals surface area (Å²) in [5.41, 5.74) is 2.15. The summed E-state index contributed by atoms with van der Waals surface area (Å²) < 4.78 is 5.51. The van der Waals surface area contributed by atoms with Crippen LogP contribution in [0.15, 0.2) is 59.6 Å². The van der Waals surface area contributed by atoms with Gasteiger partial charge in [-0.1, -0.05) is 30.3 Å². The van der Waals surface area contributed by atoms with E-state index in [9.17, 15) is 4.79 Å². The lowest BCUT2D eigenvalue weighted by atomic mass is 10.0. The molecular formula is C24H32IN5O2. The van der Waals surface area contributed by atoms with Crippen molar-refractivity contribution >= 4 is 47.2 Å². The number of guanidine groups is 1. The molecule has 1 amide bonds. The highest BCUT2D eigenvalue weighted by molar-refractivity contribution is 14.0. The van der Waals surface area contributed by atoms with E-state index in [0.29, 0.717) is 12.6 Å². The van der Waals surface area contributed by atoms with Gasteiger partial charge in [-0.15, -0.1) is 24.0 Å². The summed E-state index contributed by atoms with van der Waals surface area (Å²) in [4.78, 5) is 20.9. The second kappa shape index (κ2) is 11.9. The second-order valence-corrected chi connectivity index (χ2v) is 7.90. The topological polar surface area (TPSA) is 69.2 Å². The lowest BCUT2D eigenvalue weighted by Gasteiger charge is -2.34. The van der Waals surface area contributed by atoms with Crippen molar-refractivity contribution in [2.45, 2.75) is 25.3 Å². The number of para-hydroxylation sites is 3. The number of carbonyl (C=O) groups is 1. The number of nitrogens with zero attached hydrogens (tertiary/aromatic N) is 3. The largest absolute Gasteiger partial charge is 0.482 e. The molecule has 2 aliphatic rings. The van der Waals surface area contributed by atoms with Gasteiger partial charge in [0.2, 0.25) is 0 Å². The molecule has 0 spiro atoms. The number of halogens is 1. The van der Waals surface area contributed by atoms with Gasteiger partial charge in [0.05, 0.1) is 5.69 Å². The fourth-order valence-electron chi connectivity index (χ4n) is 4.15. The van der Waals surface area contributed by atoms with E-state index in [2.05, 4.69) is 50.9 Å².